The Morgan fingerprint density at radius 3 is 1.81 bits per heavy atom. The first kappa shape index (κ1) is 16.0. The van der Waals surface area contributed by atoms with Gasteiger partial charge in [-0.3, -0.25) is 0 Å². The van der Waals surface area contributed by atoms with Crippen molar-refractivity contribution in [2.45, 2.75) is 73.3 Å². The van der Waals surface area contributed by atoms with Gasteiger partial charge in [0.1, 0.15) is 0 Å². The van der Waals surface area contributed by atoms with Gasteiger partial charge in [0.05, 0.1) is 0 Å². The van der Waals surface area contributed by atoms with Crippen LogP contribution in [0.2, 0.25) is 0 Å². The second-order valence-corrected chi connectivity index (χ2v) is 6.20. The van der Waals surface area contributed by atoms with Gasteiger partial charge in [0, 0.05) is 6.04 Å². The monoisotopic (exact) mass is 227 g/mol. The van der Waals surface area contributed by atoms with Crippen molar-refractivity contribution in [1.29, 1.82) is 0 Å². The molecule has 0 aliphatic rings. The van der Waals surface area contributed by atoms with E-state index in [4.69, 9.17) is 5.73 Å². The van der Waals surface area contributed by atoms with E-state index < -0.39 is 0 Å². The van der Waals surface area contributed by atoms with Gasteiger partial charge >= 0.3 is 0 Å². The van der Waals surface area contributed by atoms with Gasteiger partial charge in [-0.05, 0) is 43.4 Å². The predicted octanol–water partition coefficient (Wildman–Crippen LogP) is 4.46. The van der Waals surface area contributed by atoms with E-state index in [1.54, 1.807) is 0 Å². The largest absolute Gasteiger partial charge is 0.328 e. The van der Waals surface area contributed by atoms with Crippen LogP contribution in [-0.4, -0.2) is 6.04 Å². The van der Waals surface area contributed by atoms with E-state index in [0.29, 0.717) is 12.0 Å². The van der Waals surface area contributed by atoms with E-state index in [-0.39, 0.29) is 0 Å². The van der Waals surface area contributed by atoms with Crippen LogP contribution in [0.25, 0.3) is 0 Å². The summed E-state index contributed by atoms with van der Waals surface area (Å²) in [5, 5.41) is 0. The Balaban J connectivity index is 4.52. The summed E-state index contributed by atoms with van der Waals surface area (Å²) in [5.74, 6) is 3.06. The molecule has 1 nitrogen and oxygen atoms in total. The van der Waals surface area contributed by atoms with Crippen molar-refractivity contribution >= 4 is 0 Å². The lowest BCUT2D eigenvalue weighted by Gasteiger charge is -2.34. The van der Waals surface area contributed by atoms with Crippen LogP contribution >= 0.6 is 0 Å². The Hall–Kier alpha value is -0.0400. The third kappa shape index (κ3) is 5.89. The summed E-state index contributed by atoms with van der Waals surface area (Å²) in [7, 11) is 0. The van der Waals surface area contributed by atoms with Gasteiger partial charge < -0.3 is 5.73 Å². The summed E-state index contributed by atoms with van der Waals surface area (Å²) in [5.41, 5.74) is 6.19. The fraction of sp³-hybridized carbons (Fsp3) is 1.00. The van der Waals surface area contributed by atoms with Gasteiger partial charge in [-0.1, -0.05) is 47.5 Å². The fourth-order valence-corrected chi connectivity index (χ4v) is 2.79. The summed E-state index contributed by atoms with van der Waals surface area (Å²) in [4.78, 5) is 0. The quantitative estimate of drug-likeness (QED) is 0.651. The van der Waals surface area contributed by atoms with E-state index in [9.17, 15) is 0 Å². The minimum Gasteiger partial charge on any atom is -0.328 e. The molecular formula is C15H33N. The van der Waals surface area contributed by atoms with Gasteiger partial charge in [-0.25, -0.2) is 0 Å². The van der Waals surface area contributed by atoms with E-state index >= 15 is 0 Å². The highest BCUT2D eigenvalue weighted by molar-refractivity contribution is 4.79. The molecule has 3 unspecified atom stereocenters. The second-order valence-electron chi connectivity index (χ2n) is 6.20. The molecule has 0 radical (unpaired) electrons. The van der Waals surface area contributed by atoms with Gasteiger partial charge in [0.15, 0.2) is 0 Å². The minimum atomic E-state index is 0.345. The van der Waals surface area contributed by atoms with Crippen molar-refractivity contribution in [2.24, 2.45) is 29.4 Å². The van der Waals surface area contributed by atoms with Crippen LogP contribution in [0.3, 0.4) is 0 Å². The summed E-state index contributed by atoms with van der Waals surface area (Å²) in [6.07, 6.45) is 5.25. The molecule has 0 bridgehead atoms. The average molecular weight is 227 g/mol. The predicted molar refractivity (Wildman–Crippen MR) is 74.4 cm³/mol. The van der Waals surface area contributed by atoms with Crippen LogP contribution in [0.5, 0.6) is 0 Å². The maximum absolute atomic E-state index is 6.19. The Morgan fingerprint density at radius 2 is 1.50 bits per heavy atom. The van der Waals surface area contributed by atoms with Crippen molar-refractivity contribution in [3.8, 4) is 0 Å². The highest BCUT2D eigenvalue weighted by atomic mass is 14.6. The first-order chi connectivity index (χ1) is 7.40. The summed E-state index contributed by atoms with van der Waals surface area (Å²) >= 11 is 0. The van der Waals surface area contributed by atoms with Crippen molar-refractivity contribution in [3.05, 3.63) is 0 Å². The van der Waals surface area contributed by atoms with Gasteiger partial charge in [0.2, 0.25) is 0 Å². The number of rotatable bonds is 8. The first-order valence-corrected chi connectivity index (χ1v) is 7.15. The molecule has 0 heterocycles. The summed E-state index contributed by atoms with van der Waals surface area (Å²) in [6, 6.07) is 0.345. The van der Waals surface area contributed by atoms with Gasteiger partial charge in [-0.15, -0.1) is 0 Å². The molecule has 0 spiro atoms. The van der Waals surface area contributed by atoms with E-state index in [2.05, 4.69) is 41.5 Å². The molecule has 0 aromatic heterocycles. The molecular weight excluding hydrogens is 194 g/mol. The molecule has 0 aromatic rings. The molecule has 0 aliphatic heterocycles. The molecule has 0 aromatic carbocycles. The van der Waals surface area contributed by atoms with Crippen LogP contribution in [0.15, 0.2) is 0 Å². The van der Waals surface area contributed by atoms with Crippen LogP contribution in [0, 0.1) is 23.7 Å². The third-order valence-electron chi connectivity index (χ3n) is 3.72. The van der Waals surface area contributed by atoms with Crippen molar-refractivity contribution in [2.75, 3.05) is 0 Å². The molecule has 16 heavy (non-hydrogen) atoms. The topological polar surface area (TPSA) is 26.0 Å². The molecule has 2 N–H and O–H groups in total. The maximum atomic E-state index is 6.19. The molecule has 0 saturated carbocycles. The molecule has 0 amide bonds. The second kappa shape index (κ2) is 8.11. The molecule has 0 fully saturated rings. The fourth-order valence-electron chi connectivity index (χ4n) is 2.79. The van der Waals surface area contributed by atoms with Crippen molar-refractivity contribution in [1.82, 2.24) is 0 Å². The Kier molecular flexibility index (Phi) is 8.09. The zero-order chi connectivity index (χ0) is 12.7. The molecule has 0 aliphatic carbocycles. The van der Waals surface area contributed by atoms with E-state index in [0.717, 1.165) is 17.8 Å². The van der Waals surface area contributed by atoms with E-state index in [1.165, 1.54) is 25.7 Å². The summed E-state index contributed by atoms with van der Waals surface area (Å²) < 4.78 is 0. The smallest absolute Gasteiger partial charge is 0.00415 e. The van der Waals surface area contributed by atoms with E-state index in [1.807, 2.05) is 0 Å². The van der Waals surface area contributed by atoms with Gasteiger partial charge in [0.25, 0.3) is 0 Å². The highest BCUT2D eigenvalue weighted by Crippen LogP contribution is 2.32. The lowest BCUT2D eigenvalue weighted by molar-refractivity contribution is 0.177. The van der Waals surface area contributed by atoms with Gasteiger partial charge in [-0.2, -0.15) is 0 Å². The number of hydrogen-bond acceptors (Lipinski definition) is 1. The molecule has 0 saturated heterocycles. The lowest BCUT2D eigenvalue weighted by atomic mass is 9.73. The number of hydrogen-bond donors (Lipinski definition) is 1. The van der Waals surface area contributed by atoms with Crippen LogP contribution < -0.4 is 5.73 Å². The third-order valence-corrected chi connectivity index (χ3v) is 3.72. The van der Waals surface area contributed by atoms with Crippen LogP contribution in [0.4, 0.5) is 0 Å². The lowest BCUT2D eigenvalue weighted by Crippen LogP contribution is -2.35. The normalized spacial score (nSPS) is 17.8. The molecule has 98 valence electrons. The zero-order valence-corrected chi connectivity index (χ0v) is 12.3. The Morgan fingerprint density at radius 1 is 0.938 bits per heavy atom. The average Bonchev–Trinajstić information content (AvgIpc) is 2.15. The summed E-state index contributed by atoms with van der Waals surface area (Å²) in [6.45, 7) is 13.8. The molecule has 3 atom stereocenters. The Labute approximate surface area is 103 Å². The molecule has 0 rings (SSSR count). The molecule has 1 heteroatoms. The van der Waals surface area contributed by atoms with Crippen molar-refractivity contribution in [3.63, 3.8) is 0 Å². The van der Waals surface area contributed by atoms with Crippen molar-refractivity contribution < 1.29 is 0 Å². The first-order valence-electron chi connectivity index (χ1n) is 7.15. The van der Waals surface area contributed by atoms with Crippen LogP contribution in [0.1, 0.15) is 67.2 Å². The van der Waals surface area contributed by atoms with Crippen LogP contribution in [-0.2, 0) is 0 Å². The number of nitrogens with two attached hydrogens (primary N) is 1. The standard InChI is InChI=1S/C15H33N/c1-7-8-9-14(13(6)16)15(12(4)5)10-11(2)3/h11-15H,7-10,16H2,1-6H3. The SMILES string of the molecule is CCCCC(C(C)N)C(CC(C)C)C(C)C. The minimum absolute atomic E-state index is 0.345. The number of unbranched alkanes of at least 4 members (excludes halogenated alkanes) is 1. The highest BCUT2D eigenvalue weighted by Gasteiger charge is 2.27. The maximum Gasteiger partial charge on any atom is 0.00415 e. The zero-order valence-electron chi connectivity index (χ0n) is 12.3. The Bertz CT molecular complexity index is 161.